The van der Waals surface area contributed by atoms with Gasteiger partial charge >= 0.3 is 0 Å². The zero-order valence-electron chi connectivity index (χ0n) is 17.6. The van der Waals surface area contributed by atoms with Gasteiger partial charge in [-0.05, 0) is 49.8 Å². The van der Waals surface area contributed by atoms with Crippen LogP contribution in [0.25, 0.3) is 16.9 Å². The van der Waals surface area contributed by atoms with Gasteiger partial charge in [0.05, 0.1) is 18.5 Å². The maximum atomic E-state index is 9.09. The predicted molar refractivity (Wildman–Crippen MR) is 120 cm³/mol. The molecule has 0 spiro atoms. The van der Waals surface area contributed by atoms with Crippen molar-refractivity contribution in [2.24, 2.45) is 0 Å². The maximum absolute atomic E-state index is 9.09. The fraction of sp³-hybridized carbons (Fsp3) is 0.478. The summed E-state index contributed by atoms with van der Waals surface area (Å²) in [6.45, 7) is 1.73. The third kappa shape index (κ3) is 4.22. The third-order valence-corrected chi connectivity index (χ3v) is 6.34. The lowest BCUT2D eigenvalue weighted by Gasteiger charge is -2.33. The molecule has 0 unspecified atom stereocenters. The molecule has 0 amide bonds. The molecule has 1 N–H and O–H groups in total. The minimum Gasteiger partial charge on any atom is -0.491 e. The second kappa shape index (κ2) is 8.65. The highest BCUT2D eigenvalue weighted by atomic mass is 35.5. The van der Waals surface area contributed by atoms with Crippen LogP contribution < -0.4 is 9.64 Å². The minimum absolute atomic E-state index is 0.0489. The molecule has 3 aromatic rings. The molecule has 1 aliphatic heterocycles. The minimum atomic E-state index is -0.0489. The van der Waals surface area contributed by atoms with E-state index in [4.69, 9.17) is 36.3 Å². The first-order chi connectivity index (χ1) is 15.1. The van der Waals surface area contributed by atoms with Crippen molar-refractivity contribution in [1.29, 1.82) is 0 Å². The van der Waals surface area contributed by atoms with E-state index in [1.807, 2.05) is 22.8 Å². The van der Waals surface area contributed by atoms with Crippen LogP contribution in [-0.4, -0.2) is 59.2 Å². The number of aliphatic hydroxyl groups excluding tert-OH is 1. The third-order valence-electron chi connectivity index (χ3n) is 6.12. The van der Waals surface area contributed by atoms with Crippen LogP contribution in [0.15, 0.2) is 30.5 Å². The standard InChI is InChI=1S/C23H27ClN4O3/c1-27(18-4-7-30-8-5-18)22-13-21(16-10-17(24)12-19(11-16)31-9-6-29)26-23-20(15-2-3-15)14-25-28(22)23/h10-15,18,29H,2-9H2,1H3. The van der Waals surface area contributed by atoms with Crippen molar-refractivity contribution in [3.63, 3.8) is 0 Å². The van der Waals surface area contributed by atoms with Crippen LogP contribution >= 0.6 is 11.6 Å². The monoisotopic (exact) mass is 442 g/mol. The van der Waals surface area contributed by atoms with Gasteiger partial charge in [-0.3, -0.25) is 0 Å². The first kappa shape index (κ1) is 20.5. The number of hydrogen-bond acceptors (Lipinski definition) is 6. The number of halogens is 1. The SMILES string of the molecule is CN(c1cc(-c2cc(Cl)cc(OCCO)c2)nc2c(C3CC3)cnn12)C1CCOCC1. The van der Waals surface area contributed by atoms with Crippen molar-refractivity contribution >= 4 is 23.1 Å². The topological polar surface area (TPSA) is 72.1 Å². The molecule has 8 heteroatoms. The van der Waals surface area contributed by atoms with Gasteiger partial charge in [0.2, 0.25) is 0 Å². The molecule has 2 aromatic heterocycles. The number of ether oxygens (including phenoxy) is 2. The van der Waals surface area contributed by atoms with E-state index >= 15 is 0 Å². The molecular weight excluding hydrogens is 416 g/mol. The van der Waals surface area contributed by atoms with Gasteiger partial charge in [-0.1, -0.05) is 11.6 Å². The van der Waals surface area contributed by atoms with Crippen LogP contribution in [0.3, 0.4) is 0 Å². The highest BCUT2D eigenvalue weighted by Gasteiger charge is 2.29. The van der Waals surface area contributed by atoms with Crippen molar-refractivity contribution in [3.05, 3.63) is 41.0 Å². The molecule has 7 nitrogen and oxygen atoms in total. The number of nitrogens with zero attached hydrogens (tertiary/aromatic N) is 4. The van der Waals surface area contributed by atoms with E-state index in [0.717, 1.165) is 48.8 Å². The van der Waals surface area contributed by atoms with Gasteiger partial charge in [0, 0.05) is 48.5 Å². The Balaban J connectivity index is 1.61. The van der Waals surface area contributed by atoms with Gasteiger partial charge in [0.1, 0.15) is 18.2 Å². The fourth-order valence-corrected chi connectivity index (χ4v) is 4.49. The van der Waals surface area contributed by atoms with E-state index < -0.39 is 0 Å². The van der Waals surface area contributed by atoms with E-state index in [1.54, 1.807) is 6.07 Å². The van der Waals surface area contributed by atoms with Crippen molar-refractivity contribution in [2.45, 2.75) is 37.6 Å². The number of fused-ring (bicyclic) bond motifs is 1. The molecule has 1 saturated heterocycles. The first-order valence-corrected chi connectivity index (χ1v) is 11.3. The summed E-state index contributed by atoms with van der Waals surface area (Å²) in [4.78, 5) is 7.31. The Kier molecular flexibility index (Phi) is 5.73. The second-order valence-electron chi connectivity index (χ2n) is 8.31. The average Bonchev–Trinajstić information content (AvgIpc) is 3.55. The molecular formula is C23H27ClN4O3. The molecule has 31 heavy (non-hydrogen) atoms. The molecule has 1 aliphatic carbocycles. The normalized spacial score (nSPS) is 17.3. The van der Waals surface area contributed by atoms with Gasteiger partial charge in [-0.15, -0.1) is 0 Å². The van der Waals surface area contributed by atoms with Crippen molar-refractivity contribution in [3.8, 4) is 17.0 Å². The second-order valence-corrected chi connectivity index (χ2v) is 8.75. The smallest absolute Gasteiger partial charge is 0.161 e. The molecule has 2 aliphatic rings. The molecule has 2 fully saturated rings. The summed E-state index contributed by atoms with van der Waals surface area (Å²) in [5.41, 5.74) is 3.83. The number of benzene rings is 1. The Labute approximate surface area is 186 Å². The van der Waals surface area contributed by atoms with Crippen LogP contribution in [-0.2, 0) is 4.74 Å². The number of rotatable bonds is 7. The number of aliphatic hydroxyl groups is 1. The maximum Gasteiger partial charge on any atom is 0.161 e. The summed E-state index contributed by atoms with van der Waals surface area (Å²) >= 11 is 6.38. The lowest BCUT2D eigenvalue weighted by molar-refractivity contribution is 0.0853. The predicted octanol–water partition coefficient (Wildman–Crippen LogP) is 3.91. The molecule has 5 rings (SSSR count). The van der Waals surface area contributed by atoms with E-state index in [-0.39, 0.29) is 13.2 Å². The van der Waals surface area contributed by atoms with Gasteiger partial charge in [-0.2, -0.15) is 9.61 Å². The van der Waals surface area contributed by atoms with Crippen molar-refractivity contribution in [1.82, 2.24) is 14.6 Å². The first-order valence-electron chi connectivity index (χ1n) is 10.9. The van der Waals surface area contributed by atoms with E-state index in [0.29, 0.717) is 22.7 Å². The Morgan fingerprint density at radius 3 is 2.74 bits per heavy atom. The fourth-order valence-electron chi connectivity index (χ4n) is 4.26. The highest BCUT2D eigenvalue weighted by Crippen LogP contribution is 2.42. The van der Waals surface area contributed by atoms with E-state index in [1.165, 1.54) is 18.4 Å². The summed E-state index contributed by atoms with van der Waals surface area (Å²) in [6.07, 6.45) is 6.33. The number of aromatic nitrogens is 3. The van der Waals surface area contributed by atoms with Crippen molar-refractivity contribution < 1.29 is 14.6 Å². The quantitative estimate of drug-likeness (QED) is 0.598. The van der Waals surface area contributed by atoms with Gasteiger partial charge < -0.3 is 19.5 Å². The van der Waals surface area contributed by atoms with Crippen LogP contribution in [0, 0.1) is 0 Å². The largest absolute Gasteiger partial charge is 0.491 e. The molecule has 164 valence electrons. The number of hydrogen-bond donors (Lipinski definition) is 1. The zero-order chi connectivity index (χ0) is 21.4. The summed E-state index contributed by atoms with van der Waals surface area (Å²) in [6, 6.07) is 8.04. The molecule has 0 atom stereocenters. The Hall–Kier alpha value is -2.35. The molecule has 0 bridgehead atoms. The highest BCUT2D eigenvalue weighted by molar-refractivity contribution is 6.31. The van der Waals surface area contributed by atoms with E-state index in [2.05, 4.69) is 18.0 Å². The summed E-state index contributed by atoms with van der Waals surface area (Å²) in [5, 5.41) is 14.4. The van der Waals surface area contributed by atoms with Gasteiger partial charge in [-0.25, -0.2) is 4.98 Å². The van der Waals surface area contributed by atoms with Crippen LogP contribution in [0.1, 0.15) is 37.2 Å². The van der Waals surface area contributed by atoms with Gasteiger partial charge in [0.15, 0.2) is 5.65 Å². The van der Waals surface area contributed by atoms with Crippen molar-refractivity contribution in [2.75, 3.05) is 38.4 Å². The Morgan fingerprint density at radius 1 is 1.19 bits per heavy atom. The van der Waals surface area contributed by atoms with E-state index in [9.17, 15) is 0 Å². The lowest BCUT2D eigenvalue weighted by Crippen LogP contribution is -2.37. The zero-order valence-corrected chi connectivity index (χ0v) is 18.4. The molecule has 1 aromatic carbocycles. The number of anilines is 1. The summed E-state index contributed by atoms with van der Waals surface area (Å²) in [7, 11) is 2.13. The van der Waals surface area contributed by atoms with Crippen LogP contribution in [0.5, 0.6) is 5.75 Å². The average molecular weight is 443 g/mol. The summed E-state index contributed by atoms with van der Waals surface area (Å²) < 4.78 is 13.1. The Bertz CT molecular complexity index is 1080. The molecule has 1 saturated carbocycles. The Morgan fingerprint density at radius 2 is 2.00 bits per heavy atom. The van der Waals surface area contributed by atoms with Crippen LogP contribution in [0.4, 0.5) is 5.82 Å². The molecule has 3 heterocycles. The summed E-state index contributed by atoms with van der Waals surface area (Å²) in [5.74, 6) is 2.18. The lowest BCUT2D eigenvalue weighted by atomic mass is 10.1. The van der Waals surface area contributed by atoms with Crippen LogP contribution in [0.2, 0.25) is 5.02 Å². The molecule has 0 radical (unpaired) electrons. The van der Waals surface area contributed by atoms with Gasteiger partial charge in [0.25, 0.3) is 0 Å².